The molecule has 4 nitrogen and oxygen atoms in total. The Morgan fingerprint density at radius 3 is 2.28 bits per heavy atom. The zero-order chi connectivity index (χ0) is 19.6. The fourth-order valence-corrected chi connectivity index (χ4v) is 2.35. The van der Waals surface area contributed by atoms with Gasteiger partial charge in [0.1, 0.15) is 6.04 Å². The van der Waals surface area contributed by atoms with Crippen LogP contribution in [0.1, 0.15) is 60.8 Å². The van der Waals surface area contributed by atoms with E-state index in [1.54, 1.807) is 13.8 Å². The van der Waals surface area contributed by atoms with Gasteiger partial charge < -0.3 is 10.4 Å². The summed E-state index contributed by atoms with van der Waals surface area (Å²) in [6, 6.07) is -0.867. The second-order valence-electron chi connectivity index (χ2n) is 7.47. The first-order valence-corrected chi connectivity index (χ1v) is 9.44. The maximum absolute atomic E-state index is 12.0. The van der Waals surface area contributed by atoms with Gasteiger partial charge in [0, 0.05) is 0 Å². The van der Waals surface area contributed by atoms with Crippen molar-refractivity contribution in [2.45, 2.75) is 66.8 Å². The number of carboxylic acid groups (broad SMARTS) is 1. The predicted octanol–water partition coefficient (Wildman–Crippen LogP) is 5.21. The summed E-state index contributed by atoms with van der Waals surface area (Å²) in [4.78, 5) is 23.1. The van der Waals surface area contributed by atoms with Crippen molar-refractivity contribution in [2.24, 2.45) is 11.3 Å². The van der Waals surface area contributed by atoms with Gasteiger partial charge in [-0.1, -0.05) is 67.4 Å². The molecule has 2 N–H and O–H groups in total. The summed E-state index contributed by atoms with van der Waals surface area (Å²) in [5, 5.41) is 11.7. The van der Waals surface area contributed by atoms with Crippen molar-refractivity contribution in [3.63, 3.8) is 0 Å². The van der Waals surface area contributed by atoms with E-state index in [4.69, 9.17) is 5.11 Å². The third-order valence-electron chi connectivity index (χ3n) is 3.86. The molecule has 0 bridgehead atoms. The first-order valence-electron chi connectivity index (χ1n) is 8.65. The number of halogens is 1. The normalized spacial score (nSPS) is 14.9. The summed E-state index contributed by atoms with van der Waals surface area (Å²) in [5.41, 5.74) is 1.15. The quantitative estimate of drug-likeness (QED) is 0.381. The van der Waals surface area contributed by atoms with Crippen LogP contribution < -0.4 is 5.32 Å². The van der Waals surface area contributed by atoms with Gasteiger partial charge in [0.05, 0.1) is 0 Å². The fourth-order valence-electron chi connectivity index (χ4n) is 2.12. The predicted molar refractivity (Wildman–Crippen MR) is 108 cm³/mol. The smallest absolute Gasteiger partial charge is 0.326 e. The van der Waals surface area contributed by atoms with E-state index in [0.29, 0.717) is 0 Å². The molecule has 0 fully saturated rings. The molecule has 1 amide bonds. The van der Waals surface area contributed by atoms with Crippen LogP contribution in [0.2, 0.25) is 0 Å². The molecular formula is C20H32BrNO3. The van der Waals surface area contributed by atoms with Crippen LogP contribution in [-0.2, 0) is 9.59 Å². The molecule has 0 unspecified atom stereocenters. The van der Waals surface area contributed by atoms with Crippen LogP contribution in [0.5, 0.6) is 0 Å². The minimum Gasteiger partial charge on any atom is -0.480 e. The Labute approximate surface area is 160 Å². The van der Waals surface area contributed by atoms with E-state index >= 15 is 0 Å². The average molecular weight is 414 g/mol. The van der Waals surface area contributed by atoms with E-state index in [1.165, 1.54) is 11.6 Å². The molecule has 5 heteroatoms. The van der Waals surface area contributed by atoms with Crippen molar-refractivity contribution in [1.82, 2.24) is 5.32 Å². The molecule has 0 rings (SSSR count). The SMILES string of the molecule is C/C(Br)=C\CC/C(C)=C/CC(C)(C)/C=C/C(=O)N[C@H](C(=O)O)C(C)C. The number of carboxylic acids is 1. The molecule has 1 atom stereocenters. The highest BCUT2D eigenvalue weighted by molar-refractivity contribution is 9.11. The van der Waals surface area contributed by atoms with Gasteiger partial charge >= 0.3 is 5.97 Å². The Morgan fingerprint density at radius 2 is 1.80 bits per heavy atom. The lowest BCUT2D eigenvalue weighted by Crippen LogP contribution is -2.43. The highest BCUT2D eigenvalue weighted by Gasteiger charge is 2.22. The molecule has 0 spiro atoms. The zero-order valence-corrected chi connectivity index (χ0v) is 17.8. The molecule has 0 aliphatic carbocycles. The van der Waals surface area contributed by atoms with Crippen LogP contribution >= 0.6 is 15.9 Å². The number of aliphatic carboxylic acids is 1. The second-order valence-corrected chi connectivity index (χ2v) is 8.73. The van der Waals surface area contributed by atoms with E-state index in [1.807, 2.05) is 13.0 Å². The van der Waals surface area contributed by atoms with Gasteiger partial charge in [0.2, 0.25) is 5.91 Å². The Kier molecular flexibility index (Phi) is 10.7. The van der Waals surface area contributed by atoms with Gasteiger partial charge in [-0.3, -0.25) is 4.79 Å². The monoisotopic (exact) mass is 413 g/mol. The van der Waals surface area contributed by atoms with Crippen LogP contribution in [0.3, 0.4) is 0 Å². The average Bonchev–Trinajstić information content (AvgIpc) is 2.48. The third-order valence-corrected chi connectivity index (χ3v) is 4.18. The summed E-state index contributed by atoms with van der Waals surface area (Å²) in [6.07, 6.45) is 10.5. The molecular weight excluding hydrogens is 382 g/mol. The number of nitrogens with one attached hydrogen (secondary N) is 1. The van der Waals surface area contributed by atoms with Gasteiger partial charge in [0.25, 0.3) is 0 Å². The standard InChI is InChI=1S/C20H32BrNO3/c1-14(2)18(19(24)25)22-17(23)11-13-20(5,6)12-10-15(3)8-7-9-16(4)21/h9-11,13-14,18H,7-8,12H2,1-6H3,(H,22,23)(H,24,25)/b13-11+,15-10+,16-9+/t18-/m0/s1. The van der Waals surface area contributed by atoms with Crippen molar-refractivity contribution < 1.29 is 14.7 Å². The number of hydrogen-bond acceptors (Lipinski definition) is 2. The molecule has 0 aromatic carbocycles. The second kappa shape index (κ2) is 11.3. The highest BCUT2D eigenvalue weighted by atomic mass is 79.9. The lowest BCUT2D eigenvalue weighted by molar-refractivity contribution is -0.142. The van der Waals surface area contributed by atoms with Gasteiger partial charge in [-0.25, -0.2) is 4.79 Å². The summed E-state index contributed by atoms with van der Waals surface area (Å²) in [5.74, 6) is -1.54. The topological polar surface area (TPSA) is 66.4 Å². The van der Waals surface area contributed by atoms with Crippen LogP contribution in [0.4, 0.5) is 0 Å². The van der Waals surface area contributed by atoms with Gasteiger partial charge in [-0.15, -0.1) is 0 Å². The largest absolute Gasteiger partial charge is 0.480 e. The fraction of sp³-hybridized carbons (Fsp3) is 0.600. The lowest BCUT2D eigenvalue weighted by atomic mass is 9.87. The molecule has 0 aliphatic heterocycles. The van der Waals surface area contributed by atoms with E-state index in [0.717, 1.165) is 23.7 Å². The van der Waals surface area contributed by atoms with Gasteiger partial charge in [-0.2, -0.15) is 0 Å². The van der Waals surface area contributed by atoms with E-state index in [2.05, 4.69) is 54.2 Å². The summed E-state index contributed by atoms with van der Waals surface area (Å²) >= 11 is 3.42. The maximum atomic E-state index is 12.0. The number of amides is 1. The molecule has 142 valence electrons. The van der Waals surface area contributed by atoms with Gasteiger partial charge in [-0.05, 0) is 55.0 Å². The molecule has 0 radical (unpaired) electrons. The Hall–Kier alpha value is -1.36. The zero-order valence-electron chi connectivity index (χ0n) is 16.2. The Balaban J connectivity index is 4.63. The van der Waals surface area contributed by atoms with Crippen LogP contribution in [0, 0.1) is 11.3 Å². The maximum Gasteiger partial charge on any atom is 0.326 e. The molecule has 0 aromatic heterocycles. The molecule has 0 saturated heterocycles. The van der Waals surface area contributed by atoms with Crippen LogP contribution in [0.15, 0.2) is 34.4 Å². The number of rotatable bonds is 10. The van der Waals surface area contributed by atoms with Gasteiger partial charge in [0.15, 0.2) is 0 Å². The van der Waals surface area contributed by atoms with Crippen LogP contribution in [0.25, 0.3) is 0 Å². The van der Waals surface area contributed by atoms with E-state index < -0.39 is 12.0 Å². The van der Waals surface area contributed by atoms with Crippen molar-refractivity contribution in [3.05, 3.63) is 34.4 Å². The summed E-state index contributed by atoms with van der Waals surface area (Å²) in [6.45, 7) is 11.8. The minimum absolute atomic E-state index is 0.161. The summed E-state index contributed by atoms with van der Waals surface area (Å²) < 4.78 is 1.15. The minimum atomic E-state index is -1.01. The number of hydrogen-bond donors (Lipinski definition) is 2. The molecule has 0 heterocycles. The van der Waals surface area contributed by atoms with Crippen LogP contribution in [-0.4, -0.2) is 23.0 Å². The van der Waals surface area contributed by atoms with Crippen molar-refractivity contribution in [3.8, 4) is 0 Å². The third kappa shape index (κ3) is 11.8. The molecule has 25 heavy (non-hydrogen) atoms. The Morgan fingerprint density at radius 1 is 1.20 bits per heavy atom. The van der Waals surface area contributed by atoms with E-state index in [-0.39, 0.29) is 17.2 Å². The Bertz CT molecular complexity index is 541. The molecule has 0 aliphatic rings. The highest BCUT2D eigenvalue weighted by Crippen LogP contribution is 2.24. The summed E-state index contributed by atoms with van der Waals surface area (Å²) in [7, 11) is 0. The molecule has 0 saturated carbocycles. The molecule has 0 aromatic rings. The first kappa shape index (κ1) is 23.6. The lowest BCUT2D eigenvalue weighted by Gasteiger charge is -2.19. The first-order chi connectivity index (χ1) is 11.4. The van der Waals surface area contributed by atoms with E-state index in [9.17, 15) is 9.59 Å². The van der Waals surface area contributed by atoms with Crippen molar-refractivity contribution in [2.75, 3.05) is 0 Å². The van der Waals surface area contributed by atoms with Crippen molar-refractivity contribution >= 4 is 27.8 Å². The van der Waals surface area contributed by atoms with Crippen molar-refractivity contribution in [1.29, 1.82) is 0 Å². The number of carbonyl (C=O) groups is 2. The number of carbonyl (C=O) groups excluding carboxylic acids is 1. The number of allylic oxidation sites excluding steroid dienone is 5.